The molecule has 1 atom stereocenters. The maximum absolute atomic E-state index is 11.6. The summed E-state index contributed by atoms with van der Waals surface area (Å²) in [5.41, 5.74) is 2.77. The number of phenols is 1. The minimum atomic E-state index is -4.29. The smallest absolute Gasteiger partial charge is 0.382 e. The fourth-order valence-electron chi connectivity index (χ4n) is 3.98. The van der Waals surface area contributed by atoms with Crippen molar-refractivity contribution in [2.75, 3.05) is 26.3 Å². The number of rotatable bonds is 19. The Morgan fingerprint density at radius 3 is 2.45 bits per heavy atom. The number of nitrogens with two attached hydrogens (primary N) is 1. The Morgan fingerprint density at radius 2 is 1.68 bits per heavy atom. The number of aliphatic hydroxyl groups excluding tert-OH is 2. The van der Waals surface area contributed by atoms with Gasteiger partial charge < -0.3 is 29.6 Å². The summed E-state index contributed by atoms with van der Waals surface area (Å²) in [6, 6.07) is 12.1. The van der Waals surface area contributed by atoms with Crippen LogP contribution in [0.15, 0.2) is 42.5 Å². The van der Waals surface area contributed by atoms with Crippen molar-refractivity contribution in [3.05, 3.63) is 64.7 Å². The first kappa shape index (κ1) is 31.7. The average Bonchev–Trinajstić information content (AvgIpc) is 2.86. The van der Waals surface area contributed by atoms with Gasteiger partial charge in [-0.25, -0.2) is 0 Å². The Labute approximate surface area is 225 Å². The van der Waals surface area contributed by atoms with Gasteiger partial charge in [0.15, 0.2) is 0 Å². The summed E-state index contributed by atoms with van der Waals surface area (Å²) < 4.78 is 31.5. The predicted octanol–water partition coefficient (Wildman–Crippen LogP) is 2.40. The summed E-state index contributed by atoms with van der Waals surface area (Å²) in [5.74, 6) is -0.885. The van der Waals surface area contributed by atoms with Crippen LogP contribution in [0, 0.1) is 0 Å². The molecule has 2 aromatic carbocycles. The minimum absolute atomic E-state index is 0.0253. The molecule has 0 bridgehead atoms. The number of aromatic hydroxyl groups is 1. The van der Waals surface area contributed by atoms with E-state index in [2.05, 4.69) is 9.50 Å². The molecular formula is C27H40N2O8S. The Bertz CT molecular complexity index is 1090. The molecule has 0 amide bonds. The van der Waals surface area contributed by atoms with E-state index in [0.29, 0.717) is 36.4 Å². The molecule has 0 saturated heterocycles. The molecule has 212 valence electrons. The Balaban J connectivity index is 1.45. The van der Waals surface area contributed by atoms with Crippen LogP contribution in [0.3, 0.4) is 0 Å². The first-order valence-corrected chi connectivity index (χ1v) is 14.4. The van der Waals surface area contributed by atoms with Crippen LogP contribution in [0.5, 0.6) is 5.75 Å². The molecule has 6 N–H and O–H groups in total. The molecular weight excluding hydrogens is 512 g/mol. The highest BCUT2D eigenvalue weighted by Gasteiger charge is 2.13. The van der Waals surface area contributed by atoms with E-state index in [0.717, 1.165) is 57.1 Å². The quantitative estimate of drug-likeness (QED) is 0.164. The summed E-state index contributed by atoms with van der Waals surface area (Å²) in [6.07, 6.45) is 6.10. The van der Waals surface area contributed by atoms with Crippen LogP contribution in [-0.2, 0) is 43.5 Å². The zero-order valence-corrected chi connectivity index (χ0v) is 22.5. The second-order valence-electron chi connectivity index (χ2n) is 9.19. The summed E-state index contributed by atoms with van der Waals surface area (Å²) >= 11 is 0. The van der Waals surface area contributed by atoms with Gasteiger partial charge in [-0.3, -0.25) is 4.79 Å². The number of unbranched alkanes of at least 4 members (excludes halogenated alkanes) is 4. The molecule has 0 spiro atoms. The van der Waals surface area contributed by atoms with E-state index < -0.39 is 22.4 Å². The molecule has 2 aromatic rings. The summed E-state index contributed by atoms with van der Waals surface area (Å²) in [4.78, 5) is 11.6. The van der Waals surface area contributed by atoms with Crippen LogP contribution in [0.1, 0.15) is 66.9 Å². The molecule has 0 aliphatic rings. The Kier molecular flexibility index (Phi) is 14.3. The van der Waals surface area contributed by atoms with Gasteiger partial charge in [0.05, 0.1) is 19.1 Å². The van der Waals surface area contributed by atoms with Crippen LogP contribution in [0.2, 0.25) is 0 Å². The van der Waals surface area contributed by atoms with E-state index in [9.17, 15) is 28.5 Å². The topological polar surface area (TPSA) is 168 Å². The van der Waals surface area contributed by atoms with E-state index >= 15 is 0 Å². The molecule has 0 radical (unpaired) electrons. The van der Waals surface area contributed by atoms with Gasteiger partial charge >= 0.3 is 16.3 Å². The SMILES string of the molecule is NS(=O)(=O)OC(=O)Cc1cccc(CCCOCCCCCCCNC[C@H](O)c2ccc(O)c(CO)c2)c1. The van der Waals surface area contributed by atoms with Crippen molar-refractivity contribution in [3.8, 4) is 5.75 Å². The third kappa shape index (κ3) is 13.3. The molecule has 0 heterocycles. The largest absolute Gasteiger partial charge is 0.508 e. The maximum Gasteiger partial charge on any atom is 0.382 e. The Hall–Kier alpha value is -2.54. The first-order valence-electron chi connectivity index (χ1n) is 12.9. The number of carbonyl (C=O) groups is 1. The van der Waals surface area contributed by atoms with Gasteiger partial charge in [0, 0.05) is 25.3 Å². The van der Waals surface area contributed by atoms with Gasteiger partial charge in [0.25, 0.3) is 0 Å². The van der Waals surface area contributed by atoms with Gasteiger partial charge in [-0.15, -0.1) is 0 Å². The van der Waals surface area contributed by atoms with Crippen molar-refractivity contribution in [2.45, 2.75) is 64.1 Å². The number of aryl methyl sites for hydroxylation is 1. The zero-order valence-electron chi connectivity index (χ0n) is 21.7. The summed E-state index contributed by atoms with van der Waals surface area (Å²) in [7, 11) is -4.29. The van der Waals surface area contributed by atoms with E-state index in [1.165, 1.54) is 6.07 Å². The fraction of sp³-hybridized carbons (Fsp3) is 0.519. The second kappa shape index (κ2) is 17.1. The number of aliphatic hydroxyl groups is 2. The second-order valence-corrected chi connectivity index (χ2v) is 10.3. The molecule has 0 aromatic heterocycles. The van der Waals surface area contributed by atoms with Crippen LogP contribution in [0.4, 0.5) is 0 Å². The van der Waals surface area contributed by atoms with E-state index in [1.54, 1.807) is 18.2 Å². The van der Waals surface area contributed by atoms with Crippen molar-refractivity contribution in [3.63, 3.8) is 0 Å². The maximum atomic E-state index is 11.6. The predicted molar refractivity (Wildman–Crippen MR) is 143 cm³/mol. The van der Waals surface area contributed by atoms with E-state index in [4.69, 9.17) is 9.88 Å². The van der Waals surface area contributed by atoms with Crippen LogP contribution in [0.25, 0.3) is 0 Å². The molecule has 11 heteroatoms. The molecule has 0 fully saturated rings. The summed E-state index contributed by atoms with van der Waals surface area (Å²) in [5, 5.41) is 37.0. The van der Waals surface area contributed by atoms with Crippen LogP contribution in [-0.4, -0.2) is 56.0 Å². The molecule has 10 nitrogen and oxygen atoms in total. The number of hydrogen-bond acceptors (Lipinski definition) is 9. The number of carbonyl (C=O) groups excluding carboxylic acids is 1. The third-order valence-corrected chi connectivity index (χ3v) is 6.36. The van der Waals surface area contributed by atoms with Gasteiger partial charge in [0.2, 0.25) is 0 Å². The molecule has 38 heavy (non-hydrogen) atoms. The van der Waals surface area contributed by atoms with Crippen LogP contribution < -0.4 is 10.5 Å². The van der Waals surface area contributed by atoms with Crippen molar-refractivity contribution in [1.82, 2.24) is 5.32 Å². The average molecular weight is 553 g/mol. The normalized spacial score (nSPS) is 12.4. The number of nitrogens with one attached hydrogen (secondary N) is 1. The fourth-order valence-corrected chi connectivity index (χ4v) is 4.30. The standard InChI is InChI=1S/C27H40N2O8S/c28-38(34,35)37-27(33)17-22-9-6-8-21(16-22)10-7-15-36-14-5-3-1-2-4-13-29-19-26(32)23-11-12-25(31)24(18-23)20-30/h6,8-9,11-12,16,18,26,29-32H,1-5,7,10,13-15,17,19-20H2,(H2,28,34,35)/t26-/m0/s1. The lowest BCUT2D eigenvalue weighted by Crippen LogP contribution is -2.22. The molecule has 0 unspecified atom stereocenters. The van der Waals surface area contributed by atoms with Crippen molar-refractivity contribution < 1.29 is 37.5 Å². The van der Waals surface area contributed by atoms with Gasteiger partial charge in [-0.2, -0.15) is 13.6 Å². The zero-order chi connectivity index (χ0) is 27.8. The lowest BCUT2D eigenvalue weighted by Gasteiger charge is -2.14. The highest BCUT2D eigenvalue weighted by Crippen LogP contribution is 2.22. The highest BCUT2D eigenvalue weighted by atomic mass is 32.2. The number of benzene rings is 2. The Morgan fingerprint density at radius 1 is 0.974 bits per heavy atom. The van der Waals surface area contributed by atoms with Gasteiger partial charge in [-0.05, 0) is 61.1 Å². The van der Waals surface area contributed by atoms with Gasteiger partial charge in [-0.1, -0.05) is 49.6 Å². The lowest BCUT2D eigenvalue weighted by atomic mass is 10.0. The molecule has 0 aliphatic heterocycles. The number of ether oxygens (including phenoxy) is 1. The van der Waals surface area contributed by atoms with Crippen molar-refractivity contribution in [1.29, 1.82) is 0 Å². The van der Waals surface area contributed by atoms with Crippen LogP contribution >= 0.6 is 0 Å². The summed E-state index contributed by atoms with van der Waals surface area (Å²) in [6.45, 7) is 2.32. The van der Waals surface area contributed by atoms with Crippen molar-refractivity contribution in [2.24, 2.45) is 5.14 Å². The van der Waals surface area contributed by atoms with Crippen molar-refractivity contribution >= 4 is 16.3 Å². The van der Waals surface area contributed by atoms with Gasteiger partial charge in [0.1, 0.15) is 5.75 Å². The monoisotopic (exact) mass is 552 g/mol. The highest BCUT2D eigenvalue weighted by molar-refractivity contribution is 7.84. The minimum Gasteiger partial charge on any atom is -0.508 e. The third-order valence-electron chi connectivity index (χ3n) is 5.94. The molecule has 2 rings (SSSR count). The van der Waals surface area contributed by atoms with E-state index in [1.807, 2.05) is 18.2 Å². The lowest BCUT2D eigenvalue weighted by molar-refractivity contribution is -0.133. The molecule has 0 saturated carbocycles. The number of hydrogen-bond donors (Lipinski definition) is 5. The first-order chi connectivity index (χ1) is 18.2. The molecule has 0 aliphatic carbocycles. The van der Waals surface area contributed by atoms with E-state index in [-0.39, 0.29) is 18.8 Å².